The molecule has 0 aliphatic heterocycles. The molecule has 0 heterocycles. The Balaban J connectivity index is 2.73. The van der Waals surface area contributed by atoms with Crippen LogP contribution in [-0.4, -0.2) is 40.7 Å². The van der Waals surface area contributed by atoms with Crippen molar-refractivity contribution in [2.75, 3.05) is 13.7 Å². The molecule has 0 bridgehead atoms. The molecule has 1 amide bonds. The number of hydrogen-bond acceptors (Lipinski definition) is 3. The van der Waals surface area contributed by atoms with Gasteiger partial charge in [0.2, 0.25) is 5.91 Å². The molecule has 1 aromatic rings. The summed E-state index contributed by atoms with van der Waals surface area (Å²) in [6, 6.07) is 4.41. The van der Waals surface area contributed by atoms with Gasteiger partial charge in [-0.25, -0.2) is 0 Å². The first-order valence-electron chi connectivity index (χ1n) is 5.85. The Labute approximate surface area is 122 Å². The quantitative estimate of drug-likeness (QED) is 0.877. The Morgan fingerprint density at radius 2 is 1.84 bits per heavy atom. The fraction of sp³-hybridized carbons (Fsp3) is 0.462. The number of hydrogen-bond donors (Lipinski definition) is 2. The maximum atomic E-state index is 11.9. The lowest BCUT2D eigenvalue weighted by molar-refractivity contribution is -0.134. The van der Waals surface area contributed by atoms with E-state index in [1.165, 1.54) is 4.90 Å². The van der Waals surface area contributed by atoms with E-state index in [0.29, 0.717) is 15.6 Å². The Bertz CT molecular complexity index is 433. The average Bonchev–Trinajstić information content (AvgIpc) is 2.35. The van der Waals surface area contributed by atoms with Crippen LogP contribution in [0, 0.1) is 0 Å². The average molecular weight is 306 g/mol. The van der Waals surface area contributed by atoms with Gasteiger partial charge >= 0.3 is 0 Å². The molecule has 0 radical (unpaired) electrons. The van der Waals surface area contributed by atoms with E-state index in [2.05, 4.69) is 0 Å². The van der Waals surface area contributed by atoms with E-state index in [4.69, 9.17) is 28.3 Å². The number of halogens is 2. The third-order valence-corrected chi connectivity index (χ3v) is 3.39. The SMILES string of the molecule is CC(CO)N(C)C(=O)CC(O)c1cc(Cl)cc(Cl)c1. The second kappa shape index (κ2) is 7.10. The van der Waals surface area contributed by atoms with Crippen LogP contribution in [0.5, 0.6) is 0 Å². The lowest BCUT2D eigenvalue weighted by Gasteiger charge is -2.24. The highest BCUT2D eigenvalue weighted by Gasteiger charge is 2.20. The van der Waals surface area contributed by atoms with E-state index in [9.17, 15) is 9.90 Å². The number of benzene rings is 1. The largest absolute Gasteiger partial charge is 0.394 e. The molecular formula is C13H17Cl2NO3. The van der Waals surface area contributed by atoms with E-state index in [-0.39, 0.29) is 25.0 Å². The molecule has 0 aromatic heterocycles. The molecular weight excluding hydrogens is 289 g/mol. The predicted octanol–water partition coefficient (Wildman–Crippen LogP) is 2.26. The predicted molar refractivity (Wildman–Crippen MR) is 75.4 cm³/mol. The third kappa shape index (κ3) is 4.66. The molecule has 2 N–H and O–H groups in total. The molecule has 0 spiro atoms. The molecule has 0 saturated heterocycles. The molecule has 0 fully saturated rings. The minimum Gasteiger partial charge on any atom is -0.394 e. The van der Waals surface area contributed by atoms with Crippen LogP contribution in [0.1, 0.15) is 25.0 Å². The summed E-state index contributed by atoms with van der Waals surface area (Å²) in [7, 11) is 1.58. The van der Waals surface area contributed by atoms with Crippen LogP contribution in [0.3, 0.4) is 0 Å². The number of carbonyl (C=O) groups excluding carboxylic acids is 1. The van der Waals surface area contributed by atoms with Gasteiger partial charge in [0.15, 0.2) is 0 Å². The molecule has 4 nitrogen and oxygen atoms in total. The van der Waals surface area contributed by atoms with E-state index < -0.39 is 6.10 Å². The van der Waals surface area contributed by atoms with Crippen LogP contribution >= 0.6 is 23.2 Å². The van der Waals surface area contributed by atoms with Gasteiger partial charge in [-0.15, -0.1) is 0 Å². The zero-order valence-electron chi connectivity index (χ0n) is 10.8. The van der Waals surface area contributed by atoms with Gasteiger partial charge in [-0.2, -0.15) is 0 Å². The summed E-state index contributed by atoms with van der Waals surface area (Å²) in [5.41, 5.74) is 0.496. The molecule has 1 rings (SSSR count). The summed E-state index contributed by atoms with van der Waals surface area (Å²) in [4.78, 5) is 13.3. The zero-order valence-corrected chi connectivity index (χ0v) is 12.3. The lowest BCUT2D eigenvalue weighted by atomic mass is 10.1. The fourth-order valence-electron chi connectivity index (χ4n) is 1.56. The minimum absolute atomic E-state index is 0.0858. The molecule has 19 heavy (non-hydrogen) atoms. The van der Waals surface area contributed by atoms with Crippen molar-refractivity contribution in [1.29, 1.82) is 0 Å². The van der Waals surface area contributed by atoms with Crippen LogP contribution in [0.2, 0.25) is 10.0 Å². The van der Waals surface area contributed by atoms with Crippen molar-refractivity contribution in [3.63, 3.8) is 0 Å². The van der Waals surface area contributed by atoms with E-state index >= 15 is 0 Å². The fourth-order valence-corrected chi connectivity index (χ4v) is 2.11. The lowest BCUT2D eigenvalue weighted by Crippen LogP contribution is -2.37. The van der Waals surface area contributed by atoms with Crippen molar-refractivity contribution in [2.45, 2.75) is 25.5 Å². The second-order valence-electron chi connectivity index (χ2n) is 4.46. The summed E-state index contributed by atoms with van der Waals surface area (Å²) < 4.78 is 0. The topological polar surface area (TPSA) is 60.8 Å². The van der Waals surface area contributed by atoms with Crippen molar-refractivity contribution in [1.82, 2.24) is 4.90 Å². The minimum atomic E-state index is -0.975. The molecule has 0 aliphatic carbocycles. The van der Waals surface area contributed by atoms with Crippen molar-refractivity contribution >= 4 is 29.1 Å². The van der Waals surface area contributed by atoms with Crippen LogP contribution in [0.15, 0.2) is 18.2 Å². The van der Waals surface area contributed by atoms with Gasteiger partial charge in [0.1, 0.15) is 0 Å². The summed E-state index contributed by atoms with van der Waals surface area (Å²) in [5.74, 6) is -0.259. The number of likely N-dealkylation sites (N-methyl/N-ethyl adjacent to an activating group) is 1. The highest BCUT2D eigenvalue weighted by Crippen LogP contribution is 2.25. The van der Waals surface area contributed by atoms with Gasteiger partial charge in [0.05, 0.1) is 25.2 Å². The molecule has 0 aliphatic rings. The van der Waals surface area contributed by atoms with E-state index in [1.54, 1.807) is 32.2 Å². The summed E-state index contributed by atoms with van der Waals surface area (Å²) in [5, 5.41) is 19.8. The standard InChI is InChI=1S/C13H17Cl2NO3/c1-8(7-17)16(2)13(19)6-12(18)9-3-10(14)5-11(15)4-9/h3-5,8,12,17-18H,6-7H2,1-2H3. The number of carbonyl (C=O) groups is 1. The van der Waals surface area contributed by atoms with Crippen molar-refractivity contribution < 1.29 is 15.0 Å². The van der Waals surface area contributed by atoms with E-state index in [0.717, 1.165) is 0 Å². The Morgan fingerprint density at radius 3 is 2.32 bits per heavy atom. The summed E-state index contributed by atoms with van der Waals surface area (Å²) in [6.45, 7) is 1.60. The third-order valence-electron chi connectivity index (χ3n) is 2.96. The second-order valence-corrected chi connectivity index (χ2v) is 5.33. The highest BCUT2D eigenvalue weighted by molar-refractivity contribution is 6.34. The molecule has 106 valence electrons. The number of aliphatic hydroxyl groups is 2. The first-order valence-corrected chi connectivity index (χ1v) is 6.61. The summed E-state index contributed by atoms with van der Waals surface area (Å²) in [6.07, 6.45) is -1.06. The number of nitrogens with zero attached hydrogens (tertiary/aromatic N) is 1. The van der Waals surface area contributed by atoms with Crippen molar-refractivity contribution in [3.05, 3.63) is 33.8 Å². The molecule has 2 unspecified atom stereocenters. The summed E-state index contributed by atoms with van der Waals surface area (Å²) >= 11 is 11.7. The van der Waals surface area contributed by atoms with Gasteiger partial charge in [0, 0.05) is 17.1 Å². The van der Waals surface area contributed by atoms with Gasteiger partial charge in [-0.1, -0.05) is 23.2 Å². The molecule has 6 heteroatoms. The smallest absolute Gasteiger partial charge is 0.225 e. The molecule has 2 atom stereocenters. The van der Waals surface area contributed by atoms with Crippen LogP contribution < -0.4 is 0 Å². The maximum Gasteiger partial charge on any atom is 0.225 e. The van der Waals surface area contributed by atoms with E-state index in [1.807, 2.05) is 0 Å². The zero-order chi connectivity index (χ0) is 14.6. The molecule has 1 aromatic carbocycles. The van der Waals surface area contributed by atoms with Gasteiger partial charge in [-0.05, 0) is 30.7 Å². The maximum absolute atomic E-state index is 11.9. The first kappa shape index (κ1) is 16.2. The van der Waals surface area contributed by atoms with Gasteiger partial charge < -0.3 is 15.1 Å². The van der Waals surface area contributed by atoms with Gasteiger partial charge in [0.25, 0.3) is 0 Å². The monoisotopic (exact) mass is 305 g/mol. The van der Waals surface area contributed by atoms with Crippen molar-refractivity contribution in [2.24, 2.45) is 0 Å². The van der Waals surface area contributed by atoms with Crippen LogP contribution in [0.4, 0.5) is 0 Å². The number of rotatable bonds is 5. The highest BCUT2D eigenvalue weighted by atomic mass is 35.5. The number of amides is 1. The van der Waals surface area contributed by atoms with Crippen molar-refractivity contribution in [3.8, 4) is 0 Å². The van der Waals surface area contributed by atoms with Crippen LogP contribution in [0.25, 0.3) is 0 Å². The Morgan fingerprint density at radius 1 is 1.32 bits per heavy atom. The Hall–Kier alpha value is -0.810. The normalized spacial score (nSPS) is 14.0. The molecule has 0 saturated carbocycles. The van der Waals surface area contributed by atoms with Crippen LogP contribution in [-0.2, 0) is 4.79 Å². The first-order chi connectivity index (χ1) is 8.85. The number of aliphatic hydroxyl groups excluding tert-OH is 2. The Kier molecular flexibility index (Phi) is 6.07. The van der Waals surface area contributed by atoms with Gasteiger partial charge in [-0.3, -0.25) is 4.79 Å².